The summed E-state index contributed by atoms with van der Waals surface area (Å²) in [5.74, 6) is -0.180. The normalized spacial score (nSPS) is 11.8. The molecule has 6 nitrogen and oxygen atoms in total. The Morgan fingerprint density at radius 1 is 1.11 bits per heavy atom. The number of hydrogen-bond donors (Lipinski definition) is 0. The summed E-state index contributed by atoms with van der Waals surface area (Å²) in [4.78, 5) is 12.2. The number of benzene rings is 1. The van der Waals surface area contributed by atoms with Crippen LogP contribution in [0, 0.1) is 0 Å². The summed E-state index contributed by atoms with van der Waals surface area (Å²) in [6, 6.07) is 8.32. The lowest BCUT2D eigenvalue weighted by Crippen LogP contribution is -2.10. The molecule has 1 aromatic carbocycles. The second-order valence-corrected chi connectivity index (χ2v) is 5.96. The van der Waals surface area contributed by atoms with Gasteiger partial charge in [0.15, 0.2) is 15.5 Å². The van der Waals surface area contributed by atoms with Crippen molar-refractivity contribution >= 4 is 21.0 Å². The van der Waals surface area contributed by atoms with Gasteiger partial charge in [-0.1, -0.05) is 18.2 Å². The fourth-order valence-electron chi connectivity index (χ4n) is 1.79. The number of fused-ring (bicyclic) bond motifs is 1. The van der Waals surface area contributed by atoms with Gasteiger partial charge >= 0.3 is 0 Å². The molecule has 2 heterocycles. The van der Waals surface area contributed by atoms with Crippen LogP contribution in [-0.2, 0) is 15.7 Å². The van der Waals surface area contributed by atoms with E-state index in [1.54, 1.807) is 36.5 Å². The van der Waals surface area contributed by atoms with E-state index >= 15 is 0 Å². The van der Waals surface area contributed by atoms with E-state index in [0.29, 0.717) is 11.2 Å². The van der Waals surface area contributed by atoms with Crippen LogP contribution in [-0.4, -0.2) is 27.9 Å². The Morgan fingerprint density at radius 3 is 2.68 bits per heavy atom. The van der Waals surface area contributed by atoms with Gasteiger partial charge in [0.1, 0.15) is 17.7 Å². The Bertz CT molecular complexity index is 812. The van der Waals surface area contributed by atoms with E-state index in [4.69, 9.17) is 0 Å². The molecule has 0 atom stereocenters. The highest BCUT2D eigenvalue weighted by Gasteiger charge is 2.16. The number of hydrogen-bond acceptors (Lipinski definition) is 5. The largest absolute Gasteiger partial charge is 0.312 e. The van der Waals surface area contributed by atoms with Crippen molar-refractivity contribution in [1.82, 2.24) is 19.5 Å². The summed E-state index contributed by atoms with van der Waals surface area (Å²) in [7, 11) is -3.41. The maximum Gasteiger partial charge on any atom is 0.196 e. The van der Waals surface area contributed by atoms with E-state index in [1.807, 2.05) is 0 Å². The molecule has 19 heavy (non-hydrogen) atoms. The maximum absolute atomic E-state index is 12.3. The minimum Gasteiger partial charge on any atom is -0.312 e. The molecule has 2 aromatic heterocycles. The molecule has 0 fully saturated rings. The number of aromatic nitrogens is 4. The third kappa shape index (κ3) is 2.19. The van der Waals surface area contributed by atoms with Crippen LogP contribution in [0.2, 0.25) is 0 Å². The summed E-state index contributed by atoms with van der Waals surface area (Å²) in [5.41, 5.74) is 1.08. The molecule has 3 rings (SSSR count). The van der Waals surface area contributed by atoms with Crippen LogP contribution in [0.1, 0.15) is 0 Å². The van der Waals surface area contributed by atoms with Crippen LogP contribution in [0.5, 0.6) is 0 Å². The molecule has 0 saturated heterocycles. The van der Waals surface area contributed by atoms with Crippen molar-refractivity contribution in [1.29, 1.82) is 0 Å². The molecule has 0 unspecified atom stereocenters. The predicted octanol–water partition coefficient (Wildman–Crippen LogP) is 1.26. The minimum absolute atomic E-state index is 0.180. The molecule has 0 aliphatic carbocycles. The molecule has 0 N–H and O–H groups in total. The molecule has 0 aliphatic heterocycles. The lowest BCUT2D eigenvalue weighted by molar-refractivity contribution is 0.585. The third-order valence-electron chi connectivity index (χ3n) is 2.71. The minimum atomic E-state index is -3.41. The van der Waals surface area contributed by atoms with Gasteiger partial charge < -0.3 is 4.57 Å². The molecular weight excluding hydrogens is 264 g/mol. The van der Waals surface area contributed by atoms with Gasteiger partial charge in [-0.25, -0.2) is 23.4 Å². The summed E-state index contributed by atoms with van der Waals surface area (Å²) in [6.07, 6.45) is 4.39. The Balaban J connectivity index is 2.02. The molecular formula is C12H10N4O2S. The maximum atomic E-state index is 12.3. The van der Waals surface area contributed by atoms with Gasteiger partial charge in [0.2, 0.25) is 0 Å². The van der Waals surface area contributed by atoms with Gasteiger partial charge in [0, 0.05) is 0 Å². The zero-order valence-corrected chi connectivity index (χ0v) is 10.7. The lowest BCUT2D eigenvalue weighted by atomic mass is 10.4. The summed E-state index contributed by atoms with van der Waals surface area (Å²) < 4.78 is 26.0. The van der Waals surface area contributed by atoms with Gasteiger partial charge in [0.25, 0.3) is 0 Å². The molecule has 0 bridgehead atoms. The van der Waals surface area contributed by atoms with Crippen molar-refractivity contribution in [3.63, 3.8) is 0 Å². The van der Waals surface area contributed by atoms with Crippen LogP contribution >= 0.6 is 0 Å². The number of nitrogens with zero attached hydrogens (tertiary/aromatic N) is 4. The monoisotopic (exact) mass is 274 g/mol. The van der Waals surface area contributed by atoms with E-state index in [2.05, 4.69) is 15.0 Å². The SMILES string of the molecule is O=S(=O)(Cn1cnc2ncncc21)c1ccccc1. The molecule has 0 saturated carbocycles. The lowest BCUT2D eigenvalue weighted by Gasteiger charge is -2.05. The van der Waals surface area contributed by atoms with Gasteiger partial charge in [-0.3, -0.25) is 0 Å². The molecule has 7 heteroatoms. The van der Waals surface area contributed by atoms with Crippen molar-refractivity contribution in [3.05, 3.63) is 49.2 Å². The van der Waals surface area contributed by atoms with Gasteiger partial charge in [0.05, 0.1) is 17.4 Å². The summed E-state index contributed by atoms with van der Waals surface area (Å²) >= 11 is 0. The van der Waals surface area contributed by atoms with Crippen molar-refractivity contribution in [2.45, 2.75) is 10.8 Å². The topological polar surface area (TPSA) is 77.7 Å². The molecule has 96 valence electrons. The Kier molecular flexibility index (Phi) is 2.75. The van der Waals surface area contributed by atoms with E-state index < -0.39 is 9.84 Å². The molecule has 3 aromatic rings. The van der Waals surface area contributed by atoms with Crippen LogP contribution in [0.3, 0.4) is 0 Å². The molecule has 0 aliphatic rings. The number of imidazole rings is 1. The quantitative estimate of drug-likeness (QED) is 0.718. The number of rotatable bonds is 3. The highest BCUT2D eigenvalue weighted by atomic mass is 32.2. The van der Waals surface area contributed by atoms with Crippen LogP contribution < -0.4 is 0 Å². The Labute approximate surface area is 109 Å². The van der Waals surface area contributed by atoms with Crippen LogP contribution in [0.4, 0.5) is 0 Å². The van der Waals surface area contributed by atoms with Crippen molar-refractivity contribution < 1.29 is 8.42 Å². The van der Waals surface area contributed by atoms with Crippen molar-refractivity contribution in [2.75, 3.05) is 0 Å². The highest BCUT2D eigenvalue weighted by molar-refractivity contribution is 7.90. The summed E-state index contributed by atoms with van der Waals surface area (Å²) in [5, 5.41) is 0. The first kappa shape index (κ1) is 11.8. The van der Waals surface area contributed by atoms with Crippen LogP contribution in [0.25, 0.3) is 11.2 Å². The Morgan fingerprint density at radius 2 is 1.89 bits per heavy atom. The van der Waals surface area contributed by atoms with Gasteiger partial charge in [-0.05, 0) is 12.1 Å². The molecule has 0 radical (unpaired) electrons. The number of sulfone groups is 1. The first-order valence-electron chi connectivity index (χ1n) is 5.55. The third-order valence-corrected chi connectivity index (χ3v) is 4.32. The van der Waals surface area contributed by atoms with Gasteiger partial charge in [-0.2, -0.15) is 0 Å². The average molecular weight is 274 g/mol. The van der Waals surface area contributed by atoms with E-state index in [9.17, 15) is 8.42 Å². The zero-order valence-electron chi connectivity index (χ0n) is 9.84. The van der Waals surface area contributed by atoms with E-state index in [-0.39, 0.29) is 10.8 Å². The fraction of sp³-hybridized carbons (Fsp3) is 0.0833. The average Bonchev–Trinajstić information content (AvgIpc) is 2.83. The first-order chi connectivity index (χ1) is 9.17. The second-order valence-electron chi connectivity index (χ2n) is 4.00. The molecule has 0 spiro atoms. The zero-order chi connectivity index (χ0) is 13.3. The first-order valence-corrected chi connectivity index (χ1v) is 7.21. The standard InChI is InChI=1S/C12H10N4O2S/c17-19(18,10-4-2-1-3-5-10)9-16-8-15-12-11(16)6-13-7-14-12/h1-8H,9H2. The molecule has 0 amide bonds. The second kappa shape index (κ2) is 4.43. The smallest absolute Gasteiger partial charge is 0.196 e. The summed E-state index contributed by atoms with van der Waals surface area (Å²) in [6.45, 7) is 0. The van der Waals surface area contributed by atoms with Crippen LogP contribution in [0.15, 0.2) is 54.1 Å². The van der Waals surface area contributed by atoms with Crippen molar-refractivity contribution in [2.24, 2.45) is 0 Å². The Hall–Kier alpha value is -2.28. The fourth-order valence-corrected chi connectivity index (χ4v) is 3.09. The predicted molar refractivity (Wildman–Crippen MR) is 69.0 cm³/mol. The van der Waals surface area contributed by atoms with Crippen molar-refractivity contribution in [3.8, 4) is 0 Å². The highest BCUT2D eigenvalue weighted by Crippen LogP contribution is 2.15. The van der Waals surface area contributed by atoms with E-state index in [1.165, 1.54) is 17.2 Å². The van der Waals surface area contributed by atoms with Gasteiger partial charge in [-0.15, -0.1) is 0 Å². The van der Waals surface area contributed by atoms with E-state index in [0.717, 1.165) is 0 Å².